The molecule has 1 heterocycles. The van der Waals surface area contributed by atoms with Crippen molar-refractivity contribution in [3.05, 3.63) is 87.7 Å². The molecule has 2 aromatic rings. The van der Waals surface area contributed by atoms with Gasteiger partial charge in [-0.15, -0.1) is 0 Å². The van der Waals surface area contributed by atoms with Crippen molar-refractivity contribution in [3.63, 3.8) is 0 Å². The molecule has 0 saturated heterocycles. The number of halogens is 1. The van der Waals surface area contributed by atoms with Crippen LogP contribution in [-0.4, -0.2) is 25.0 Å². The summed E-state index contributed by atoms with van der Waals surface area (Å²) in [6.07, 6.45) is 2.03. The van der Waals surface area contributed by atoms with Gasteiger partial charge in [-0.25, -0.2) is 4.79 Å². The van der Waals surface area contributed by atoms with Gasteiger partial charge in [-0.1, -0.05) is 48.0 Å². The van der Waals surface area contributed by atoms with Gasteiger partial charge in [0.15, 0.2) is 5.78 Å². The fraction of sp³-hybridized carbons (Fsp3) is 0.280. The van der Waals surface area contributed by atoms with Crippen molar-refractivity contribution < 1.29 is 19.1 Å². The molecule has 31 heavy (non-hydrogen) atoms. The monoisotopic (exact) mass is 437 g/mol. The fourth-order valence-corrected chi connectivity index (χ4v) is 4.41. The van der Waals surface area contributed by atoms with Crippen LogP contribution in [0.1, 0.15) is 37.7 Å². The Morgan fingerprint density at radius 3 is 2.58 bits per heavy atom. The molecule has 160 valence electrons. The van der Waals surface area contributed by atoms with E-state index in [0.717, 1.165) is 24.1 Å². The summed E-state index contributed by atoms with van der Waals surface area (Å²) in [5, 5.41) is 3.80. The topological polar surface area (TPSA) is 64.6 Å². The maximum absolute atomic E-state index is 13.1. The Labute approximate surface area is 186 Å². The van der Waals surface area contributed by atoms with Gasteiger partial charge in [-0.2, -0.15) is 0 Å². The lowest BCUT2D eigenvalue weighted by atomic mass is 9.75. The van der Waals surface area contributed by atoms with Crippen LogP contribution in [0.2, 0.25) is 5.02 Å². The number of nitrogens with one attached hydrogen (secondary N) is 1. The van der Waals surface area contributed by atoms with Gasteiger partial charge in [0.1, 0.15) is 19.0 Å². The predicted octanol–water partition coefficient (Wildman–Crippen LogP) is 4.93. The van der Waals surface area contributed by atoms with E-state index in [1.165, 1.54) is 0 Å². The first-order valence-corrected chi connectivity index (χ1v) is 10.8. The number of para-hydroxylation sites is 1. The Morgan fingerprint density at radius 1 is 1.06 bits per heavy atom. The second-order valence-electron chi connectivity index (χ2n) is 7.58. The summed E-state index contributed by atoms with van der Waals surface area (Å²) in [6, 6.07) is 16.7. The number of dihydropyridines is 1. The molecule has 0 fully saturated rings. The van der Waals surface area contributed by atoms with Crippen LogP contribution in [0, 0.1) is 0 Å². The summed E-state index contributed by atoms with van der Waals surface area (Å²) in [4.78, 5) is 26.0. The smallest absolute Gasteiger partial charge is 0.336 e. The number of benzene rings is 2. The molecule has 0 amide bonds. The minimum absolute atomic E-state index is 0.0453. The molecule has 0 saturated carbocycles. The van der Waals surface area contributed by atoms with Crippen LogP contribution in [0.3, 0.4) is 0 Å². The molecule has 4 rings (SSSR count). The van der Waals surface area contributed by atoms with E-state index >= 15 is 0 Å². The number of hydrogen-bond donors (Lipinski definition) is 1. The third-order valence-corrected chi connectivity index (χ3v) is 5.88. The van der Waals surface area contributed by atoms with E-state index in [0.29, 0.717) is 34.0 Å². The minimum atomic E-state index is -0.541. The molecule has 1 aliphatic carbocycles. The molecule has 2 aliphatic rings. The van der Waals surface area contributed by atoms with E-state index in [9.17, 15) is 9.59 Å². The van der Waals surface area contributed by atoms with Gasteiger partial charge in [-0.05, 0) is 43.5 Å². The summed E-state index contributed by atoms with van der Waals surface area (Å²) in [6.45, 7) is 2.17. The summed E-state index contributed by atoms with van der Waals surface area (Å²) in [5.41, 5.74) is 3.34. The van der Waals surface area contributed by atoms with E-state index in [-0.39, 0.29) is 19.0 Å². The van der Waals surface area contributed by atoms with Crippen molar-refractivity contribution in [3.8, 4) is 5.75 Å². The van der Waals surface area contributed by atoms with E-state index in [1.54, 1.807) is 6.07 Å². The van der Waals surface area contributed by atoms with Crippen molar-refractivity contribution in [1.29, 1.82) is 0 Å². The zero-order valence-electron chi connectivity index (χ0n) is 17.3. The average molecular weight is 438 g/mol. The molecule has 5 nitrogen and oxygen atoms in total. The third kappa shape index (κ3) is 4.52. The van der Waals surface area contributed by atoms with Crippen molar-refractivity contribution in [2.24, 2.45) is 0 Å². The van der Waals surface area contributed by atoms with Crippen molar-refractivity contribution in [1.82, 2.24) is 5.32 Å². The Kier molecular flexibility index (Phi) is 6.42. The lowest BCUT2D eigenvalue weighted by molar-refractivity contribution is -0.140. The molecule has 1 aliphatic heterocycles. The number of Topliss-reactive ketones (excluding diaryl/α,β-unsaturated/α-hetero) is 1. The highest BCUT2D eigenvalue weighted by Crippen LogP contribution is 2.44. The number of ether oxygens (including phenoxy) is 2. The quantitative estimate of drug-likeness (QED) is 0.512. The first-order valence-electron chi connectivity index (χ1n) is 10.4. The number of esters is 1. The average Bonchev–Trinajstić information content (AvgIpc) is 2.77. The zero-order valence-corrected chi connectivity index (χ0v) is 18.1. The first kappa shape index (κ1) is 21.2. The van der Waals surface area contributed by atoms with Gasteiger partial charge in [0.25, 0.3) is 0 Å². The highest BCUT2D eigenvalue weighted by Gasteiger charge is 2.39. The SMILES string of the molecule is CC1=C(C(=O)OCCOc2ccccc2)[C@@H](c2ccccc2Cl)C2=C(CCCC2=O)N1. The minimum Gasteiger partial charge on any atom is -0.490 e. The lowest BCUT2D eigenvalue weighted by Gasteiger charge is -2.34. The molecule has 0 unspecified atom stereocenters. The summed E-state index contributed by atoms with van der Waals surface area (Å²) >= 11 is 6.50. The van der Waals surface area contributed by atoms with Gasteiger partial charge in [0, 0.05) is 34.3 Å². The third-order valence-electron chi connectivity index (χ3n) is 5.54. The molecule has 0 bridgehead atoms. The van der Waals surface area contributed by atoms with Crippen LogP contribution in [-0.2, 0) is 14.3 Å². The van der Waals surface area contributed by atoms with E-state index < -0.39 is 11.9 Å². The maximum atomic E-state index is 13.1. The Bertz CT molecular complexity index is 1060. The number of ketones is 1. The van der Waals surface area contributed by atoms with Crippen LogP contribution in [0.4, 0.5) is 0 Å². The summed E-state index contributed by atoms with van der Waals surface area (Å²) < 4.78 is 11.2. The fourth-order valence-electron chi connectivity index (χ4n) is 4.16. The zero-order chi connectivity index (χ0) is 21.8. The summed E-state index contributed by atoms with van der Waals surface area (Å²) in [5.74, 6) is -0.259. The molecule has 2 aromatic carbocycles. The molecule has 0 spiro atoms. The van der Waals surface area contributed by atoms with Crippen molar-refractivity contribution in [2.75, 3.05) is 13.2 Å². The van der Waals surface area contributed by atoms with Crippen LogP contribution in [0.25, 0.3) is 0 Å². The molecule has 0 aromatic heterocycles. The number of hydrogen-bond acceptors (Lipinski definition) is 5. The Morgan fingerprint density at radius 2 is 1.81 bits per heavy atom. The number of carbonyl (C=O) groups excluding carboxylic acids is 2. The lowest BCUT2D eigenvalue weighted by Crippen LogP contribution is -2.34. The standard InChI is InChI=1S/C25H24ClNO4/c1-16-22(25(29)31-15-14-30-17-8-3-2-4-9-17)23(18-10-5-6-11-19(18)26)24-20(27-16)12-7-13-21(24)28/h2-6,8-11,23,27H,7,12-15H2,1H3/t23-/m1/s1. The normalized spacial score (nSPS) is 18.4. The highest BCUT2D eigenvalue weighted by molar-refractivity contribution is 6.31. The highest BCUT2D eigenvalue weighted by atomic mass is 35.5. The van der Waals surface area contributed by atoms with E-state index in [4.69, 9.17) is 21.1 Å². The van der Waals surface area contributed by atoms with Gasteiger partial charge in [0.2, 0.25) is 0 Å². The number of allylic oxidation sites excluding steroid dienone is 3. The van der Waals surface area contributed by atoms with E-state index in [2.05, 4.69) is 5.32 Å². The van der Waals surface area contributed by atoms with Crippen molar-refractivity contribution in [2.45, 2.75) is 32.1 Å². The molecule has 6 heteroatoms. The molecular formula is C25H24ClNO4. The van der Waals surface area contributed by atoms with Crippen LogP contribution in [0.15, 0.2) is 77.1 Å². The van der Waals surface area contributed by atoms with Crippen molar-refractivity contribution >= 4 is 23.4 Å². The van der Waals surface area contributed by atoms with Gasteiger partial charge >= 0.3 is 5.97 Å². The molecule has 1 N–H and O–H groups in total. The Hall–Kier alpha value is -3.05. The van der Waals surface area contributed by atoms with E-state index in [1.807, 2.05) is 55.5 Å². The second kappa shape index (κ2) is 9.40. The number of carbonyl (C=O) groups is 2. The maximum Gasteiger partial charge on any atom is 0.336 e. The Balaban J connectivity index is 1.57. The predicted molar refractivity (Wildman–Crippen MR) is 119 cm³/mol. The van der Waals surface area contributed by atoms with Crippen LogP contribution < -0.4 is 10.1 Å². The van der Waals surface area contributed by atoms with Gasteiger partial charge in [0.05, 0.1) is 5.57 Å². The largest absolute Gasteiger partial charge is 0.490 e. The number of rotatable bonds is 6. The van der Waals surface area contributed by atoms with Crippen LogP contribution in [0.5, 0.6) is 5.75 Å². The second-order valence-corrected chi connectivity index (χ2v) is 7.99. The van der Waals surface area contributed by atoms with Gasteiger partial charge < -0.3 is 14.8 Å². The molecule has 0 radical (unpaired) electrons. The van der Waals surface area contributed by atoms with Gasteiger partial charge in [-0.3, -0.25) is 4.79 Å². The summed E-state index contributed by atoms with van der Waals surface area (Å²) in [7, 11) is 0. The van der Waals surface area contributed by atoms with Crippen LogP contribution >= 0.6 is 11.6 Å². The molecular weight excluding hydrogens is 414 g/mol. The molecule has 1 atom stereocenters. The first-order chi connectivity index (χ1) is 15.1.